The maximum atomic E-state index is 12.9. The van der Waals surface area contributed by atoms with E-state index in [4.69, 9.17) is 13.9 Å². The van der Waals surface area contributed by atoms with Crippen molar-refractivity contribution < 1.29 is 18.7 Å². The number of fused-ring (bicyclic) bond motifs is 4. The third-order valence-corrected chi connectivity index (χ3v) is 5.16. The monoisotopic (exact) mass is 387 g/mol. The Kier molecular flexibility index (Phi) is 4.05. The van der Waals surface area contributed by atoms with Gasteiger partial charge in [0.1, 0.15) is 11.3 Å². The van der Waals surface area contributed by atoms with Crippen LogP contribution in [0.15, 0.2) is 70.0 Å². The van der Waals surface area contributed by atoms with Crippen LogP contribution in [0, 0.1) is 0 Å². The molecule has 2 aromatic carbocycles. The molecule has 0 fully saturated rings. The molecule has 0 unspecified atom stereocenters. The molecule has 3 heterocycles. The normalized spacial score (nSPS) is 17.8. The predicted molar refractivity (Wildman–Crippen MR) is 107 cm³/mol. The first-order valence-corrected chi connectivity index (χ1v) is 9.41. The first-order chi connectivity index (χ1) is 14.2. The van der Waals surface area contributed by atoms with Crippen LogP contribution in [0.2, 0.25) is 0 Å². The molecular weight excluding hydrogens is 370 g/mol. The summed E-state index contributed by atoms with van der Waals surface area (Å²) in [5, 5.41) is 1.56. The molecule has 0 saturated heterocycles. The molecule has 0 N–H and O–H groups in total. The molecule has 0 bridgehead atoms. The number of para-hydroxylation sites is 1. The Balaban J connectivity index is 1.75. The summed E-state index contributed by atoms with van der Waals surface area (Å²) in [5.74, 6) is -0.760. The number of hydrogen-bond acceptors (Lipinski definition) is 6. The molecule has 1 aliphatic rings. The molecule has 0 spiro atoms. The quantitative estimate of drug-likeness (QED) is 0.393. The zero-order valence-electron chi connectivity index (χ0n) is 15.6. The van der Waals surface area contributed by atoms with Crippen molar-refractivity contribution >= 4 is 27.8 Å². The molecule has 2 aromatic heterocycles. The topological polar surface area (TPSA) is 78.6 Å². The van der Waals surface area contributed by atoms with Crippen molar-refractivity contribution in [1.29, 1.82) is 0 Å². The molecule has 1 aliphatic heterocycles. The Hall–Kier alpha value is -3.67. The fraction of sp³-hybridized carbons (Fsp3) is 0.174. The smallest absolute Gasteiger partial charge is 0.348 e. The highest BCUT2D eigenvalue weighted by Gasteiger charge is 2.45. The third-order valence-electron chi connectivity index (χ3n) is 5.16. The van der Waals surface area contributed by atoms with Gasteiger partial charge in [-0.3, -0.25) is 4.98 Å². The number of aromatic nitrogens is 1. The summed E-state index contributed by atoms with van der Waals surface area (Å²) in [6.45, 7) is 1.96. The summed E-state index contributed by atoms with van der Waals surface area (Å²) in [4.78, 5) is 29.9. The minimum Gasteiger partial charge on any atom is -0.476 e. The number of benzene rings is 2. The van der Waals surface area contributed by atoms with E-state index in [0.717, 1.165) is 16.5 Å². The molecule has 0 aliphatic carbocycles. The van der Waals surface area contributed by atoms with Crippen LogP contribution < -0.4 is 10.4 Å². The molecule has 0 radical (unpaired) electrons. The third kappa shape index (κ3) is 2.76. The van der Waals surface area contributed by atoms with Crippen molar-refractivity contribution in [3.05, 3.63) is 82.3 Å². The van der Waals surface area contributed by atoms with Gasteiger partial charge in [-0.2, -0.15) is 0 Å². The second-order valence-electron chi connectivity index (χ2n) is 6.85. The van der Waals surface area contributed by atoms with Crippen LogP contribution in [0.5, 0.6) is 5.75 Å². The first-order valence-electron chi connectivity index (χ1n) is 9.41. The Morgan fingerprint density at radius 3 is 2.86 bits per heavy atom. The van der Waals surface area contributed by atoms with Crippen molar-refractivity contribution in [2.75, 3.05) is 6.61 Å². The summed E-state index contributed by atoms with van der Waals surface area (Å²) < 4.78 is 16.8. The molecular formula is C23H17NO5. The Morgan fingerprint density at radius 2 is 2.00 bits per heavy atom. The van der Waals surface area contributed by atoms with Crippen molar-refractivity contribution in [2.45, 2.75) is 18.9 Å². The zero-order valence-corrected chi connectivity index (χ0v) is 15.6. The number of esters is 1. The average molecular weight is 387 g/mol. The number of hydrogen-bond donors (Lipinski definition) is 0. The zero-order chi connectivity index (χ0) is 20.0. The minimum atomic E-state index is -0.965. The summed E-state index contributed by atoms with van der Waals surface area (Å²) >= 11 is 0. The van der Waals surface area contributed by atoms with Gasteiger partial charge in [-0.25, -0.2) is 9.59 Å². The van der Waals surface area contributed by atoms with Crippen LogP contribution >= 0.6 is 0 Å². The van der Waals surface area contributed by atoms with Gasteiger partial charge >= 0.3 is 11.6 Å². The van der Waals surface area contributed by atoms with Crippen molar-refractivity contribution in [1.82, 2.24) is 4.98 Å². The van der Waals surface area contributed by atoms with Crippen LogP contribution in [0.1, 0.15) is 24.0 Å². The van der Waals surface area contributed by atoms with E-state index in [0.29, 0.717) is 22.3 Å². The Bertz CT molecular complexity index is 1310. The highest BCUT2D eigenvalue weighted by atomic mass is 16.6. The van der Waals surface area contributed by atoms with Gasteiger partial charge in [-0.15, -0.1) is 0 Å². The van der Waals surface area contributed by atoms with E-state index in [1.165, 1.54) is 0 Å². The van der Waals surface area contributed by atoms with E-state index in [1.807, 2.05) is 42.5 Å². The standard InChI is InChI=1S/C23H17NO5/c1-2-27-23(26)21-18(14-9-10-16-13(12-14)6-5-11-24-16)19-20(29-21)15-7-3-4-8-17(15)28-22(19)25/h3-12,18,21H,2H2,1H3/t18-,21+/m1/s1. The fourth-order valence-electron chi connectivity index (χ4n) is 3.91. The SMILES string of the molecule is CCOC(=O)[C@H]1Oc2c(c(=O)oc3ccccc23)[C@H]1c1ccc2ncccc2c1. The van der Waals surface area contributed by atoms with E-state index >= 15 is 0 Å². The number of pyridine rings is 1. The lowest BCUT2D eigenvalue weighted by atomic mass is 9.88. The van der Waals surface area contributed by atoms with Crippen molar-refractivity contribution in [2.24, 2.45) is 0 Å². The summed E-state index contributed by atoms with van der Waals surface area (Å²) in [7, 11) is 0. The average Bonchev–Trinajstić information content (AvgIpc) is 3.15. The van der Waals surface area contributed by atoms with Gasteiger partial charge < -0.3 is 13.9 Å². The highest BCUT2D eigenvalue weighted by Crippen LogP contribution is 2.44. The van der Waals surface area contributed by atoms with Crippen LogP contribution in [0.25, 0.3) is 21.9 Å². The minimum absolute atomic E-state index is 0.221. The molecule has 4 aromatic rings. The maximum absolute atomic E-state index is 12.9. The van der Waals surface area contributed by atoms with Crippen molar-refractivity contribution in [3.8, 4) is 5.75 Å². The number of rotatable bonds is 3. The summed E-state index contributed by atoms with van der Waals surface area (Å²) in [5.41, 5.74) is 1.84. The van der Waals surface area contributed by atoms with E-state index in [-0.39, 0.29) is 6.61 Å². The van der Waals surface area contributed by atoms with Crippen LogP contribution in [0.4, 0.5) is 0 Å². The largest absolute Gasteiger partial charge is 0.476 e. The van der Waals surface area contributed by atoms with E-state index < -0.39 is 23.6 Å². The Labute approximate surface area is 165 Å². The number of ether oxygens (including phenoxy) is 2. The molecule has 6 nitrogen and oxygen atoms in total. The van der Waals surface area contributed by atoms with Crippen molar-refractivity contribution in [3.63, 3.8) is 0 Å². The summed E-state index contributed by atoms with van der Waals surface area (Å²) in [6, 6.07) is 16.6. The van der Waals surface area contributed by atoms with E-state index in [9.17, 15) is 9.59 Å². The molecule has 0 saturated carbocycles. The van der Waals surface area contributed by atoms with E-state index in [1.54, 1.807) is 25.3 Å². The van der Waals surface area contributed by atoms with Gasteiger partial charge in [0.2, 0.25) is 6.10 Å². The highest BCUT2D eigenvalue weighted by molar-refractivity contribution is 5.89. The summed E-state index contributed by atoms with van der Waals surface area (Å²) in [6.07, 6.45) is 0.755. The van der Waals surface area contributed by atoms with Crippen LogP contribution in [-0.4, -0.2) is 23.7 Å². The second kappa shape index (κ2) is 6.74. The molecule has 6 heteroatoms. The second-order valence-corrected chi connectivity index (χ2v) is 6.85. The molecule has 0 amide bonds. The van der Waals surface area contributed by atoms with Crippen LogP contribution in [0.3, 0.4) is 0 Å². The molecule has 2 atom stereocenters. The van der Waals surface area contributed by atoms with Gasteiger partial charge in [0.05, 0.1) is 29.0 Å². The van der Waals surface area contributed by atoms with Gasteiger partial charge in [-0.1, -0.05) is 24.3 Å². The van der Waals surface area contributed by atoms with E-state index in [2.05, 4.69) is 4.98 Å². The lowest BCUT2D eigenvalue weighted by molar-refractivity contribution is -0.151. The molecule has 144 valence electrons. The number of carbonyl (C=O) groups is 1. The van der Waals surface area contributed by atoms with Gasteiger partial charge in [0.25, 0.3) is 0 Å². The molecule has 5 rings (SSSR count). The maximum Gasteiger partial charge on any atom is 0.348 e. The molecule has 29 heavy (non-hydrogen) atoms. The lowest BCUT2D eigenvalue weighted by Gasteiger charge is -2.18. The number of carbonyl (C=O) groups excluding carboxylic acids is 1. The predicted octanol–water partition coefficient (Wildman–Crippen LogP) is 3.80. The number of nitrogens with zero attached hydrogens (tertiary/aromatic N) is 1. The van der Waals surface area contributed by atoms with Gasteiger partial charge in [-0.05, 0) is 42.8 Å². The first kappa shape index (κ1) is 17.4. The Morgan fingerprint density at radius 1 is 1.14 bits per heavy atom. The van der Waals surface area contributed by atoms with Gasteiger partial charge in [0, 0.05) is 11.6 Å². The van der Waals surface area contributed by atoms with Gasteiger partial charge in [0.15, 0.2) is 0 Å². The van der Waals surface area contributed by atoms with Crippen LogP contribution in [-0.2, 0) is 9.53 Å². The lowest BCUT2D eigenvalue weighted by Crippen LogP contribution is -2.32. The fourth-order valence-corrected chi connectivity index (χ4v) is 3.91.